The molecule has 0 saturated carbocycles. The van der Waals surface area contributed by atoms with Crippen molar-refractivity contribution in [3.05, 3.63) is 52.8 Å². The summed E-state index contributed by atoms with van der Waals surface area (Å²) < 4.78 is 23.5. The highest BCUT2D eigenvalue weighted by Gasteiger charge is 2.50. The van der Waals surface area contributed by atoms with Crippen molar-refractivity contribution in [2.24, 2.45) is 28.8 Å². The van der Waals surface area contributed by atoms with E-state index < -0.39 is 88.8 Å². The Kier molecular flexibility index (Phi) is 15.0. The van der Waals surface area contributed by atoms with Crippen molar-refractivity contribution in [2.45, 2.75) is 112 Å². The number of anilines is 1. The Balaban J connectivity index is 1.95. The normalized spacial score (nSPS) is 28.4. The Bertz CT molecular complexity index is 1990. The van der Waals surface area contributed by atoms with Crippen molar-refractivity contribution >= 4 is 40.3 Å². The highest BCUT2D eigenvalue weighted by molar-refractivity contribution is 6.23. The summed E-state index contributed by atoms with van der Waals surface area (Å²) in [7, 11) is 1.43. The summed E-state index contributed by atoms with van der Waals surface area (Å²) in [6, 6.07) is 0. The lowest BCUT2D eigenvalue weighted by molar-refractivity contribution is -0.160. The number of oxime groups is 1. The monoisotopic (exact) mass is 810 g/mol. The Hall–Kier alpha value is -5.12. The lowest BCUT2D eigenvalue weighted by Gasteiger charge is -2.38. The number of allylic oxidation sites excluding steroid dienone is 2. The van der Waals surface area contributed by atoms with Gasteiger partial charge >= 0.3 is 11.8 Å². The number of carbonyl (C=O) groups excluding carboxylic acids is 3. The van der Waals surface area contributed by atoms with Gasteiger partial charge in [-0.15, -0.1) is 0 Å². The molecule has 3 aliphatic rings. The minimum atomic E-state index is -2.05. The van der Waals surface area contributed by atoms with E-state index >= 15 is 0 Å². The van der Waals surface area contributed by atoms with Gasteiger partial charge in [0.15, 0.2) is 5.75 Å². The SMILES string of the molecule is CCCCCON=Cc1c2c(O)c3c(O)c(C)c4c(c3c1O)C(=O)[C@@](C)(OC=C[C@H](OC)[C@H](C)[C@H](OC(C)=O)[C@H](C)[C@H](O)[C@H](C)[C@@H](O)[C@H](C)C=CC=C(C)C(=O)N2)O4. The maximum Gasteiger partial charge on any atom is 0.312 e. The van der Waals surface area contributed by atoms with Gasteiger partial charge in [0.2, 0.25) is 0 Å². The van der Waals surface area contributed by atoms with E-state index in [2.05, 4.69) is 10.5 Å². The molecule has 5 bridgehead atoms. The molecule has 3 aliphatic heterocycles. The van der Waals surface area contributed by atoms with E-state index in [1.54, 1.807) is 39.8 Å². The minimum absolute atomic E-state index is 0.0391. The first-order valence-electron chi connectivity index (χ1n) is 19.6. The molecule has 58 heavy (non-hydrogen) atoms. The number of ketones is 1. The molecule has 3 heterocycles. The molecule has 1 amide bonds. The van der Waals surface area contributed by atoms with Crippen LogP contribution >= 0.6 is 0 Å². The first kappa shape index (κ1) is 45.6. The van der Waals surface area contributed by atoms with E-state index in [1.165, 1.54) is 53.2 Å². The zero-order chi connectivity index (χ0) is 43.2. The number of Topliss-reactive ketones (excluding diaryl/α,β-unsaturated/α-hetero) is 1. The van der Waals surface area contributed by atoms with Gasteiger partial charge in [0.1, 0.15) is 30.0 Å². The maximum absolute atomic E-state index is 14.3. The second-order valence-corrected chi connectivity index (χ2v) is 15.4. The number of hydrogen-bond acceptors (Lipinski definition) is 14. The fourth-order valence-electron chi connectivity index (χ4n) is 7.43. The molecule has 0 spiro atoms. The summed E-state index contributed by atoms with van der Waals surface area (Å²) in [5.74, 6) is -8.57. The third-order valence-electron chi connectivity index (χ3n) is 11.1. The number of fused-ring (bicyclic) bond motifs is 14. The van der Waals surface area contributed by atoms with Crippen LogP contribution in [0.2, 0.25) is 0 Å². The topological polar surface area (TPSA) is 223 Å². The van der Waals surface area contributed by atoms with Crippen molar-refractivity contribution in [2.75, 3.05) is 19.0 Å². The number of phenols is 3. The highest BCUT2D eigenvalue weighted by atomic mass is 16.7. The summed E-state index contributed by atoms with van der Waals surface area (Å²) in [5, 5.41) is 64.0. The van der Waals surface area contributed by atoms with E-state index in [9.17, 15) is 39.9 Å². The molecule has 15 heteroatoms. The van der Waals surface area contributed by atoms with E-state index in [4.69, 9.17) is 23.8 Å². The molecule has 2 aromatic carbocycles. The van der Waals surface area contributed by atoms with Crippen molar-refractivity contribution in [3.63, 3.8) is 0 Å². The lowest BCUT2D eigenvalue weighted by atomic mass is 9.78. The smallest absolute Gasteiger partial charge is 0.312 e. The molecule has 2 aromatic rings. The number of unbranched alkanes of at least 4 members (excludes halogenated alkanes) is 2. The van der Waals surface area contributed by atoms with E-state index in [-0.39, 0.29) is 51.1 Å². The second kappa shape index (κ2) is 19.1. The summed E-state index contributed by atoms with van der Waals surface area (Å²) >= 11 is 0. The molecule has 318 valence electrons. The zero-order valence-corrected chi connectivity index (χ0v) is 34.9. The predicted octanol–water partition coefficient (Wildman–Crippen LogP) is 6.29. The summed E-state index contributed by atoms with van der Waals surface area (Å²) in [6.45, 7) is 14.7. The van der Waals surface area contributed by atoms with Crippen LogP contribution in [0.4, 0.5) is 5.69 Å². The van der Waals surface area contributed by atoms with Crippen LogP contribution in [0.15, 0.2) is 41.3 Å². The number of nitrogens with one attached hydrogen (secondary N) is 1. The fraction of sp³-hybridized carbons (Fsp3) is 0.535. The molecule has 0 radical (unpaired) electrons. The van der Waals surface area contributed by atoms with Crippen molar-refractivity contribution < 1.29 is 63.7 Å². The van der Waals surface area contributed by atoms with Crippen molar-refractivity contribution in [1.82, 2.24) is 0 Å². The second-order valence-electron chi connectivity index (χ2n) is 15.4. The van der Waals surface area contributed by atoms with Gasteiger partial charge in [-0.25, -0.2) is 0 Å². The number of ether oxygens (including phenoxy) is 4. The first-order valence-corrected chi connectivity index (χ1v) is 19.6. The van der Waals surface area contributed by atoms with Crippen LogP contribution in [0.25, 0.3) is 10.8 Å². The molecular formula is C43H58N2O13. The molecule has 9 atom stereocenters. The molecule has 6 N–H and O–H groups in total. The number of amides is 1. The third-order valence-corrected chi connectivity index (χ3v) is 11.1. The average Bonchev–Trinajstić information content (AvgIpc) is 3.45. The van der Waals surface area contributed by atoms with Crippen LogP contribution < -0.4 is 10.1 Å². The van der Waals surface area contributed by atoms with E-state index in [0.29, 0.717) is 6.42 Å². The highest BCUT2D eigenvalue weighted by Crippen LogP contribution is 2.55. The molecule has 0 aromatic heterocycles. The fourth-order valence-corrected chi connectivity index (χ4v) is 7.43. The standard InChI is InChI=1S/C43H58N2O13/c1-11-12-13-18-56-44-20-28-33-38(51)31-30(37(28)50)32-40(26(7)36(31)49)58-43(9,41(32)52)55-19-17-29(54-10)23(4)39(57-27(8)46)25(6)35(48)24(5)34(47)21(2)15-14-16-22(3)42(53)45-33/h14-17,19-21,23-25,29,34-35,39,47-51H,11-13,18H2,1-10H3,(H,45,53)/t21-,23+,24-,25-,29+,34+,35-,39+,43+/m1/s1. The minimum Gasteiger partial charge on any atom is -0.507 e. The van der Waals surface area contributed by atoms with Crippen LogP contribution in [0.5, 0.6) is 23.0 Å². The van der Waals surface area contributed by atoms with Gasteiger partial charge < -0.3 is 54.6 Å². The number of aliphatic hydroxyl groups is 2. The number of nitrogens with zero attached hydrogens (tertiary/aromatic N) is 1. The van der Waals surface area contributed by atoms with Gasteiger partial charge in [0.25, 0.3) is 11.7 Å². The van der Waals surface area contributed by atoms with Gasteiger partial charge in [-0.05, 0) is 26.3 Å². The van der Waals surface area contributed by atoms with Crippen LogP contribution in [-0.2, 0) is 28.6 Å². The lowest BCUT2D eigenvalue weighted by Crippen LogP contribution is -2.46. The zero-order valence-electron chi connectivity index (χ0n) is 34.9. The first-order chi connectivity index (χ1) is 27.3. The van der Waals surface area contributed by atoms with Crippen LogP contribution in [-0.4, -0.2) is 93.3 Å². The van der Waals surface area contributed by atoms with E-state index in [1.807, 2.05) is 6.92 Å². The van der Waals surface area contributed by atoms with Gasteiger partial charge in [-0.3, -0.25) is 14.4 Å². The number of esters is 1. The molecular weight excluding hydrogens is 752 g/mol. The quantitative estimate of drug-likeness (QED) is 0.0431. The van der Waals surface area contributed by atoms with Gasteiger partial charge in [-0.1, -0.05) is 70.8 Å². The Morgan fingerprint density at radius 2 is 1.66 bits per heavy atom. The number of benzene rings is 2. The molecule has 0 fully saturated rings. The predicted molar refractivity (Wildman–Crippen MR) is 217 cm³/mol. The third kappa shape index (κ3) is 9.27. The van der Waals surface area contributed by atoms with Crippen LogP contribution in [0.1, 0.15) is 96.1 Å². The van der Waals surface area contributed by atoms with Gasteiger partial charge in [-0.2, -0.15) is 0 Å². The Morgan fingerprint density at radius 1 is 0.966 bits per heavy atom. The molecule has 15 nitrogen and oxygen atoms in total. The van der Waals surface area contributed by atoms with E-state index in [0.717, 1.165) is 19.1 Å². The molecule has 0 saturated heterocycles. The number of hydrogen-bond donors (Lipinski definition) is 6. The molecule has 0 aliphatic carbocycles. The number of methoxy groups -OCH3 is 1. The average molecular weight is 811 g/mol. The number of rotatable bonds is 8. The maximum atomic E-state index is 14.3. The molecule has 0 unspecified atom stereocenters. The number of carbonyl (C=O) groups is 3. The van der Waals surface area contributed by atoms with Gasteiger partial charge in [0, 0.05) is 61.2 Å². The Morgan fingerprint density at radius 3 is 2.29 bits per heavy atom. The summed E-state index contributed by atoms with van der Waals surface area (Å²) in [6.07, 6.45) is 7.10. The summed E-state index contributed by atoms with van der Waals surface area (Å²) in [4.78, 5) is 45.7. The number of aliphatic hydroxyl groups excluding tert-OH is 2. The number of phenolic OH excluding ortho intramolecular Hbond substituents is 3. The molecule has 5 rings (SSSR count). The largest absolute Gasteiger partial charge is 0.507 e. The van der Waals surface area contributed by atoms with Crippen LogP contribution in [0, 0.1) is 30.6 Å². The van der Waals surface area contributed by atoms with Crippen molar-refractivity contribution in [1.29, 1.82) is 0 Å². The van der Waals surface area contributed by atoms with Crippen molar-refractivity contribution in [3.8, 4) is 23.0 Å². The number of aromatic hydroxyl groups is 3. The van der Waals surface area contributed by atoms with Gasteiger partial charge in [0.05, 0.1) is 53.0 Å². The Labute approximate surface area is 338 Å². The summed E-state index contributed by atoms with van der Waals surface area (Å²) in [5.41, 5.74) is -0.565. The van der Waals surface area contributed by atoms with Crippen LogP contribution in [0.3, 0.4) is 0 Å².